The summed E-state index contributed by atoms with van der Waals surface area (Å²) in [5.41, 5.74) is 6.94. The summed E-state index contributed by atoms with van der Waals surface area (Å²) in [6, 6.07) is 4.22. The molecule has 0 aliphatic carbocycles. The normalized spacial score (nSPS) is 10.1. The highest BCUT2D eigenvalue weighted by atomic mass is 19.1. The van der Waals surface area contributed by atoms with Crippen molar-refractivity contribution in [3.63, 3.8) is 0 Å². The molecule has 0 spiro atoms. The van der Waals surface area contributed by atoms with Crippen molar-refractivity contribution in [2.45, 2.75) is 6.92 Å². The van der Waals surface area contributed by atoms with E-state index < -0.39 is 5.82 Å². The molecule has 0 bridgehead atoms. The first kappa shape index (κ1) is 15.4. The van der Waals surface area contributed by atoms with Crippen molar-refractivity contribution in [2.24, 2.45) is 0 Å². The molecule has 0 aliphatic rings. The van der Waals surface area contributed by atoms with Gasteiger partial charge in [-0.15, -0.1) is 0 Å². The molecule has 0 radical (unpaired) electrons. The maximum Gasteiger partial charge on any atom is 0.221 e. The molecule has 0 aliphatic heterocycles. The average Bonchev–Trinajstić information content (AvgIpc) is 2.48. The quantitative estimate of drug-likeness (QED) is 0.583. The van der Waals surface area contributed by atoms with E-state index in [1.54, 1.807) is 13.1 Å². The predicted octanol–water partition coefficient (Wildman–Crippen LogP) is -0.205. The number of halogens is 1. The van der Waals surface area contributed by atoms with Gasteiger partial charge in [-0.2, -0.15) is 0 Å². The zero-order valence-corrected chi connectivity index (χ0v) is 12.1. The maximum absolute atomic E-state index is 14.0. The van der Waals surface area contributed by atoms with Crippen LogP contribution in [0.15, 0.2) is 24.5 Å². The molecule has 0 atom stereocenters. The number of amides is 1. The lowest BCUT2D eigenvalue weighted by atomic mass is 10.0. The molecule has 7 nitrogen and oxygen atoms in total. The zero-order valence-electron chi connectivity index (χ0n) is 12.1. The van der Waals surface area contributed by atoms with Gasteiger partial charge in [-0.1, -0.05) is 0 Å². The highest BCUT2D eigenvalue weighted by molar-refractivity contribution is 6.14. The first-order valence-electron chi connectivity index (χ1n) is 6.42. The minimum absolute atomic E-state index is 0.0789. The van der Waals surface area contributed by atoms with E-state index in [0.29, 0.717) is 16.9 Å². The van der Waals surface area contributed by atoms with Crippen molar-refractivity contribution >= 4 is 28.9 Å². The van der Waals surface area contributed by atoms with Gasteiger partial charge in [0.1, 0.15) is 29.3 Å². The van der Waals surface area contributed by atoms with Crippen LogP contribution in [0.2, 0.25) is 0 Å². The Morgan fingerprint density at radius 3 is 2.68 bits per heavy atom. The third-order valence-corrected chi connectivity index (χ3v) is 2.97. The standard InChI is InChI=1S/C14H15FN6O/c1-7(22)21-10-4-3-8(5-9(10)15)12(16)11-13(17)19-6-20-14(11)18-2/h3-6,16H,1-2H3,(H,21,22)(H3,17,18,19,20)/p+1. The van der Waals surface area contributed by atoms with Crippen molar-refractivity contribution in [1.82, 2.24) is 9.97 Å². The summed E-state index contributed by atoms with van der Waals surface area (Å²) in [5, 5.41) is 11.3. The SMILES string of the molecule is CNc1ncnc(N)c1C(=[NH2+])c1ccc(NC(C)=O)c(F)c1. The molecule has 2 aromatic rings. The molecular weight excluding hydrogens is 287 g/mol. The second-order valence-electron chi connectivity index (χ2n) is 4.52. The van der Waals surface area contributed by atoms with Crippen molar-refractivity contribution in [2.75, 3.05) is 23.4 Å². The Hall–Kier alpha value is -3.03. The molecule has 2 rings (SSSR count). The summed E-state index contributed by atoms with van der Waals surface area (Å²) in [6.07, 6.45) is 1.30. The third-order valence-electron chi connectivity index (χ3n) is 2.97. The first-order valence-corrected chi connectivity index (χ1v) is 6.42. The van der Waals surface area contributed by atoms with Crippen LogP contribution in [0, 0.1) is 5.82 Å². The van der Waals surface area contributed by atoms with Crippen LogP contribution in [-0.2, 0) is 4.79 Å². The van der Waals surface area contributed by atoms with E-state index in [2.05, 4.69) is 20.6 Å². The van der Waals surface area contributed by atoms with E-state index in [0.717, 1.165) is 0 Å². The number of aromatic nitrogens is 2. The van der Waals surface area contributed by atoms with Gasteiger partial charge in [0.2, 0.25) is 11.6 Å². The van der Waals surface area contributed by atoms with Gasteiger partial charge in [-0.25, -0.2) is 14.4 Å². The summed E-state index contributed by atoms with van der Waals surface area (Å²) in [6.45, 7) is 1.30. The molecule has 1 aromatic heterocycles. The van der Waals surface area contributed by atoms with E-state index in [1.807, 2.05) is 0 Å². The molecule has 0 unspecified atom stereocenters. The Morgan fingerprint density at radius 1 is 1.36 bits per heavy atom. The number of nitrogens with one attached hydrogen (secondary N) is 2. The zero-order chi connectivity index (χ0) is 16.3. The number of benzene rings is 1. The van der Waals surface area contributed by atoms with Gasteiger partial charge in [0.15, 0.2) is 0 Å². The van der Waals surface area contributed by atoms with Crippen LogP contribution in [0.4, 0.5) is 21.7 Å². The minimum Gasteiger partial charge on any atom is -0.383 e. The molecule has 8 heteroatoms. The van der Waals surface area contributed by atoms with Crippen LogP contribution >= 0.6 is 0 Å². The Labute approximate surface area is 126 Å². The van der Waals surface area contributed by atoms with Crippen LogP contribution in [0.25, 0.3) is 0 Å². The van der Waals surface area contributed by atoms with E-state index in [9.17, 15) is 9.18 Å². The van der Waals surface area contributed by atoms with Crippen LogP contribution in [0.5, 0.6) is 0 Å². The van der Waals surface area contributed by atoms with Crippen molar-refractivity contribution in [3.05, 3.63) is 41.5 Å². The molecular formula is C14H16FN6O+. The van der Waals surface area contributed by atoms with Gasteiger partial charge in [-0.05, 0) is 18.2 Å². The number of carbonyl (C=O) groups is 1. The Kier molecular flexibility index (Phi) is 4.31. The predicted molar refractivity (Wildman–Crippen MR) is 81.8 cm³/mol. The Balaban J connectivity index is 2.43. The molecule has 1 aromatic carbocycles. The van der Waals surface area contributed by atoms with Crippen LogP contribution in [0.3, 0.4) is 0 Å². The number of anilines is 3. The second kappa shape index (κ2) is 6.17. The second-order valence-corrected chi connectivity index (χ2v) is 4.52. The number of rotatable bonds is 4. The van der Waals surface area contributed by atoms with E-state index in [-0.39, 0.29) is 23.1 Å². The third kappa shape index (κ3) is 3.00. The monoisotopic (exact) mass is 303 g/mol. The molecule has 22 heavy (non-hydrogen) atoms. The summed E-state index contributed by atoms with van der Waals surface area (Å²) in [5.74, 6) is -0.335. The summed E-state index contributed by atoms with van der Waals surface area (Å²) in [4.78, 5) is 18.9. The molecule has 0 saturated carbocycles. The number of hydrogen-bond acceptors (Lipinski definition) is 5. The Morgan fingerprint density at radius 2 is 2.09 bits per heavy atom. The van der Waals surface area contributed by atoms with Gasteiger partial charge in [-0.3, -0.25) is 10.2 Å². The summed E-state index contributed by atoms with van der Waals surface area (Å²) < 4.78 is 14.0. The molecule has 114 valence electrons. The van der Waals surface area contributed by atoms with Crippen LogP contribution < -0.4 is 21.8 Å². The fraction of sp³-hybridized carbons (Fsp3) is 0.143. The molecule has 1 heterocycles. The fourth-order valence-corrected chi connectivity index (χ4v) is 1.97. The molecule has 0 saturated heterocycles. The van der Waals surface area contributed by atoms with Crippen molar-refractivity contribution in [3.8, 4) is 0 Å². The molecule has 0 fully saturated rings. The maximum atomic E-state index is 14.0. The molecule has 1 amide bonds. The highest BCUT2D eigenvalue weighted by Crippen LogP contribution is 2.22. The summed E-state index contributed by atoms with van der Waals surface area (Å²) >= 11 is 0. The summed E-state index contributed by atoms with van der Waals surface area (Å²) in [7, 11) is 1.67. The average molecular weight is 303 g/mol. The lowest BCUT2D eigenvalue weighted by Gasteiger charge is -2.09. The number of carbonyl (C=O) groups excluding carboxylic acids is 1. The van der Waals surface area contributed by atoms with Gasteiger partial charge < -0.3 is 16.4 Å². The van der Waals surface area contributed by atoms with E-state index in [1.165, 1.54) is 25.4 Å². The van der Waals surface area contributed by atoms with E-state index in [4.69, 9.17) is 11.1 Å². The lowest BCUT2D eigenvalue weighted by Crippen LogP contribution is -2.42. The van der Waals surface area contributed by atoms with Gasteiger partial charge in [0.05, 0.1) is 5.69 Å². The molecule has 6 N–H and O–H groups in total. The topological polar surface area (TPSA) is 119 Å². The Bertz CT molecular complexity index is 746. The van der Waals surface area contributed by atoms with Crippen molar-refractivity contribution < 1.29 is 14.6 Å². The number of hydrogen-bond donors (Lipinski definition) is 4. The smallest absolute Gasteiger partial charge is 0.221 e. The largest absolute Gasteiger partial charge is 0.383 e. The lowest BCUT2D eigenvalue weighted by molar-refractivity contribution is -0.114. The number of nitrogens with zero attached hydrogens (tertiary/aromatic N) is 2. The number of nitrogens with two attached hydrogens (primary N) is 2. The van der Waals surface area contributed by atoms with E-state index >= 15 is 0 Å². The number of nitrogen functional groups attached to an aromatic ring is 1. The first-order chi connectivity index (χ1) is 10.4. The van der Waals surface area contributed by atoms with Gasteiger partial charge in [0, 0.05) is 19.5 Å². The van der Waals surface area contributed by atoms with Crippen molar-refractivity contribution in [1.29, 1.82) is 0 Å². The van der Waals surface area contributed by atoms with Gasteiger partial charge >= 0.3 is 0 Å². The van der Waals surface area contributed by atoms with Gasteiger partial charge in [0.25, 0.3) is 0 Å². The fourth-order valence-electron chi connectivity index (χ4n) is 1.97. The van der Waals surface area contributed by atoms with Crippen LogP contribution in [0.1, 0.15) is 18.1 Å². The minimum atomic E-state index is -0.600. The van der Waals surface area contributed by atoms with Crippen LogP contribution in [-0.4, -0.2) is 28.6 Å². The highest BCUT2D eigenvalue weighted by Gasteiger charge is 2.21.